The van der Waals surface area contributed by atoms with E-state index in [1.807, 2.05) is 43.3 Å². The molecule has 1 unspecified atom stereocenters. The van der Waals surface area contributed by atoms with Gasteiger partial charge in [0.2, 0.25) is 0 Å². The molecular formula is C21H21N7O2S. The molecule has 0 saturated heterocycles. The van der Waals surface area contributed by atoms with E-state index in [0.717, 1.165) is 33.5 Å². The summed E-state index contributed by atoms with van der Waals surface area (Å²) in [6.45, 7) is 2.24. The Balaban J connectivity index is 1.42. The minimum Gasteiger partial charge on any atom is -0.334 e. The molecule has 158 valence electrons. The summed E-state index contributed by atoms with van der Waals surface area (Å²) in [6, 6.07) is 12.6. The van der Waals surface area contributed by atoms with Crippen LogP contribution in [-0.2, 0) is 17.5 Å². The van der Waals surface area contributed by atoms with Crippen LogP contribution in [0.1, 0.15) is 11.3 Å². The number of urea groups is 1. The van der Waals surface area contributed by atoms with Crippen molar-refractivity contribution in [1.82, 2.24) is 25.1 Å². The molecule has 1 aromatic carbocycles. The van der Waals surface area contributed by atoms with Gasteiger partial charge in [-0.25, -0.2) is 18.7 Å². The predicted octanol–water partition coefficient (Wildman–Crippen LogP) is 3.15. The number of amides is 2. The topological polar surface area (TPSA) is 114 Å². The van der Waals surface area contributed by atoms with Crippen molar-refractivity contribution in [3.05, 3.63) is 72.3 Å². The molecule has 0 bridgehead atoms. The van der Waals surface area contributed by atoms with Crippen LogP contribution in [0.3, 0.4) is 0 Å². The number of fused-ring (bicyclic) bond motifs is 1. The zero-order chi connectivity index (χ0) is 21.8. The number of pyridine rings is 2. The molecular weight excluding hydrogens is 414 g/mol. The molecule has 0 fully saturated rings. The zero-order valence-electron chi connectivity index (χ0n) is 17.0. The minimum atomic E-state index is -1.16. The third-order valence-corrected chi connectivity index (χ3v) is 4.99. The number of hydrogen-bond acceptors (Lipinski definition) is 5. The fourth-order valence-corrected chi connectivity index (χ4v) is 3.58. The monoisotopic (exact) mass is 435 g/mol. The second-order valence-electron chi connectivity index (χ2n) is 6.90. The van der Waals surface area contributed by atoms with Crippen LogP contribution in [0.5, 0.6) is 0 Å². The maximum atomic E-state index is 12.3. The third-order valence-electron chi connectivity index (χ3n) is 4.46. The van der Waals surface area contributed by atoms with Crippen LogP contribution in [0.15, 0.2) is 61.1 Å². The Labute approximate surface area is 181 Å². The van der Waals surface area contributed by atoms with Gasteiger partial charge in [0.05, 0.1) is 23.6 Å². The average molecular weight is 436 g/mol. The van der Waals surface area contributed by atoms with Gasteiger partial charge in [-0.2, -0.15) is 5.10 Å². The molecule has 0 aliphatic carbocycles. The van der Waals surface area contributed by atoms with Crippen molar-refractivity contribution >= 4 is 39.4 Å². The summed E-state index contributed by atoms with van der Waals surface area (Å²) in [7, 11) is -1.16. The summed E-state index contributed by atoms with van der Waals surface area (Å²) in [4.78, 5) is 20.8. The van der Waals surface area contributed by atoms with Gasteiger partial charge in [0.15, 0.2) is 0 Å². The highest BCUT2D eigenvalue weighted by molar-refractivity contribution is 7.85. The van der Waals surface area contributed by atoms with E-state index in [1.165, 1.54) is 0 Å². The van der Waals surface area contributed by atoms with Crippen molar-refractivity contribution in [2.45, 2.75) is 13.5 Å². The lowest BCUT2D eigenvalue weighted by Crippen LogP contribution is -2.28. The van der Waals surface area contributed by atoms with Gasteiger partial charge in [-0.05, 0) is 42.8 Å². The highest BCUT2D eigenvalue weighted by atomic mass is 32.2. The Bertz CT molecular complexity index is 1270. The van der Waals surface area contributed by atoms with Crippen LogP contribution < -0.4 is 15.4 Å². The Morgan fingerprint density at radius 2 is 2.00 bits per heavy atom. The molecule has 2 amide bonds. The van der Waals surface area contributed by atoms with E-state index < -0.39 is 11.0 Å². The SMILES string of the molecule is Cc1cc(-n2ncc3cc(NC(=O)NCc4cccc(NS(C)=O)c4)ncc32)ccn1. The van der Waals surface area contributed by atoms with Crippen LogP contribution in [0, 0.1) is 6.92 Å². The van der Waals surface area contributed by atoms with Gasteiger partial charge >= 0.3 is 6.03 Å². The van der Waals surface area contributed by atoms with E-state index in [2.05, 4.69) is 30.4 Å². The van der Waals surface area contributed by atoms with Crippen molar-refractivity contribution in [2.24, 2.45) is 0 Å². The zero-order valence-corrected chi connectivity index (χ0v) is 17.8. The fraction of sp³-hybridized carbons (Fsp3) is 0.143. The molecule has 0 aliphatic rings. The first kappa shape index (κ1) is 20.5. The number of hydrogen-bond donors (Lipinski definition) is 3. The van der Waals surface area contributed by atoms with Gasteiger partial charge in [0, 0.05) is 35.8 Å². The molecule has 0 radical (unpaired) electrons. The van der Waals surface area contributed by atoms with Gasteiger partial charge in [-0.3, -0.25) is 10.3 Å². The van der Waals surface area contributed by atoms with Crippen molar-refractivity contribution in [1.29, 1.82) is 0 Å². The van der Waals surface area contributed by atoms with E-state index in [4.69, 9.17) is 0 Å². The Kier molecular flexibility index (Phi) is 5.89. The predicted molar refractivity (Wildman–Crippen MR) is 121 cm³/mol. The molecule has 3 N–H and O–H groups in total. The summed E-state index contributed by atoms with van der Waals surface area (Å²) in [5, 5.41) is 10.8. The van der Waals surface area contributed by atoms with Crippen LogP contribution >= 0.6 is 0 Å². The van der Waals surface area contributed by atoms with Gasteiger partial charge in [0.25, 0.3) is 0 Å². The van der Waals surface area contributed by atoms with Crippen LogP contribution in [0.2, 0.25) is 0 Å². The fourth-order valence-electron chi connectivity index (χ4n) is 3.12. The number of anilines is 2. The van der Waals surface area contributed by atoms with Crippen LogP contribution in [0.4, 0.5) is 16.3 Å². The highest BCUT2D eigenvalue weighted by Gasteiger charge is 2.09. The second kappa shape index (κ2) is 8.92. The molecule has 10 heteroatoms. The number of aryl methyl sites for hydroxylation is 1. The Morgan fingerprint density at radius 3 is 2.81 bits per heavy atom. The molecule has 0 saturated carbocycles. The summed E-state index contributed by atoms with van der Waals surface area (Å²) in [5.74, 6) is 0.423. The van der Waals surface area contributed by atoms with E-state index in [1.54, 1.807) is 35.6 Å². The summed E-state index contributed by atoms with van der Waals surface area (Å²) in [5.41, 5.74) is 4.23. The van der Waals surface area contributed by atoms with Gasteiger partial charge in [-0.1, -0.05) is 12.1 Å². The molecule has 1 atom stereocenters. The van der Waals surface area contributed by atoms with Crippen molar-refractivity contribution < 1.29 is 9.00 Å². The number of aromatic nitrogens is 4. The van der Waals surface area contributed by atoms with E-state index in [9.17, 15) is 9.00 Å². The molecule has 9 nitrogen and oxygen atoms in total. The van der Waals surface area contributed by atoms with Crippen LogP contribution in [0.25, 0.3) is 16.6 Å². The van der Waals surface area contributed by atoms with Gasteiger partial charge in [-0.15, -0.1) is 0 Å². The number of benzene rings is 1. The lowest BCUT2D eigenvalue weighted by atomic mass is 10.2. The summed E-state index contributed by atoms with van der Waals surface area (Å²) < 4.78 is 15.9. The molecule has 31 heavy (non-hydrogen) atoms. The first-order valence-corrected chi connectivity index (χ1v) is 11.0. The normalized spacial score (nSPS) is 11.8. The third kappa shape index (κ3) is 5.04. The lowest BCUT2D eigenvalue weighted by Gasteiger charge is -2.09. The smallest absolute Gasteiger partial charge is 0.320 e. The maximum Gasteiger partial charge on any atom is 0.320 e. The van der Waals surface area contributed by atoms with Crippen molar-refractivity contribution in [2.75, 3.05) is 16.3 Å². The number of nitrogens with zero attached hydrogens (tertiary/aromatic N) is 4. The van der Waals surface area contributed by atoms with E-state index >= 15 is 0 Å². The van der Waals surface area contributed by atoms with Crippen molar-refractivity contribution in [3.8, 4) is 5.69 Å². The first-order valence-electron chi connectivity index (χ1n) is 9.48. The van der Waals surface area contributed by atoms with Gasteiger partial charge < -0.3 is 10.0 Å². The Morgan fingerprint density at radius 1 is 1.13 bits per heavy atom. The number of nitrogens with one attached hydrogen (secondary N) is 3. The number of carbonyl (C=O) groups is 1. The highest BCUT2D eigenvalue weighted by Crippen LogP contribution is 2.20. The minimum absolute atomic E-state index is 0.319. The molecule has 0 spiro atoms. The summed E-state index contributed by atoms with van der Waals surface area (Å²) >= 11 is 0. The lowest BCUT2D eigenvalue weighted by molar-refractivity contribution is 0.251. The molecule has 0 aliphatic heterocycles. The van der Waals surface area contributed by atoms with E-state index in [-0.39, 0.29) is 6.03 Å². The van der Waals surface area contributed by atoms with Gasteiger partial charge in [0.1, 0.15) is 16.8 Å². The summed E-state index contributed by atoms with van der Waals surface area (Å²) in [6.07, 6.45) is 6.70. The molecule has 3 heterocycles. The van der Waals surface area contributed by atoms with E-state index in [0.29, 0.717) is 12.4 Å². The molecule has 4 aromatic rings. The molecule has 3 aromatic heterocycles. The number of carbonyl (C=O) groups excluding carboxylic acids is 1. The molecule has 4 rings (SSSR count). The maximum absolute atomic E-state index is 12.3. The average Bonchev–Trinajstić information content (AvgIpc) is 3.15. The standard InChI is InChI=1S/C21H21N7O2S/c1-14-8-18(6-7-22-14)28-19-13-23-20(10-16(19)12-25-28)26-21(29)24-11-15-4-3-5-17(9-15)27-31(2)30/h3-10,12-13,27H,11H2,1-2H3,(H2,23,24,26,29). The largest absolute Gasteiger partial charge is 0.334 e. The Hall–Kier alpha value is -3.79. The number of rotatable bonds is 6. The van der Waals surface area contributed by atoms with Crippen LogP contribution in [-0.4, -0.2) is 36.2 Å². The second-order valence-corrected chi connectivity index (χ2v) is 8.02. The quantitative estimate of drug-likeness (QED) is 0.431. The van der Waals surface area contributed by atoms with Crippen molar-refractivity contribution in [3.63, 3.8) is 0 Å². The first-order chi connectivity index (χ1) is 15.0.